The smallest absolute Gasteiger partial charge is 0.323 e. The summed E-state index contributed by atoms with van der Waals surface area (Å²) in [5, 5.41) is 0. The summed E-state index contributed by atoms with van der Waals surface area (Å²) in [5.74, 6) is -1.38. The predicted molar refractivity (Wildman–Crippen MR) is 66.1 cm³/mol. The quantitative estimate of drug-likeness (QED) is 0.556. The molecule has 1 saturated carbocycles. The lowest BCUT2D eigenvalue weighted by Gasteiger charge is -2.29. The van der Waals surface area contributed by atoms with Gasteiger partial charge in [0.05, 0.1) is 14.2 Å². The van der Waals surface area contributed by atoms with Gasteiger partial charge in [-0.15, -0.1) is 0 Å². The minimum Gasteiger partial charge on any atom is -0.468 e. The zero-order chi connectivity index (χ0) is 14.4. The number of hydrogen-bond donors (Lipinski definition) is 0. The summed E-state index contributed by atoms with van der Waals surface area (Å²) in [5.41, 5.74) is 0.297. The SMILES string of the molecule is COC(=O)C1(C(=O)OC)CC2=C(C)C(=O)C[C@@H]2[C@H]1C. The Labute approximate surface area is 111 Å². The Morgan fingerprint density at radius 3 is 2.16 bits per heavy atom. The number of hydrogen-bond acceptors (Lipinski definition) is 5. The maximum Gasteiger partial charge on any atom is 0.323 e. The van der Waals surface area contributed by atoms with E-state index in [2.05, 4.69) is 0 Å². The third kappa shape index (κ3) is 1.64. The van der Waals surface area contributed by atoms with Crippen molar-refractivity contribution in [2.75, 3.05) is 14.2 Å². The number of Topliss-reactive ketones (excluding diaryl/α,β-unsaturated/α-hetero) is 1. The normalized spacial score (nSPS) is 28.3. The number of fused-ring (bicyclic) bond motifs is 1. The van der Waals surface area contributed by atoms with Gasteiger partial charge in [0.25, 0.3) is 0 Å². The van der Waals surface area contributed by atoms with Crippen LogP contribution in [0.25, 0.3) is 0 Å². The summed E-state index contributed by atoms with van der Waals surface area (Å²) in [6, 6.07) is 0. The molecule has 2 atom stereocenters. The first-order valence-corrected chi connectivity index (χ1v) is 6.29. The maximum atomic E-state index is 12.1. The first-order valence-electron chi connectivity index (χ1n) is 6.29. The van der Waals surface area contributed by atoms with E-state index in [4.69, 9.17) is 9.47 Å². The van der Waals surface area contributed by atoms with Crippen molar-refractivity contribution in [3.05, 3.63) is 11.1 Å². The number of esters is 2. The standard InChI is InChI=1S/C14H18O5/c1-7-10-6-14(12(16)18-3,13(17)19-4)8(2)9(10)5-11(7)15/h8-9H,5-6H2,1-4H3/t8-,9-/m1/s1. The third-order valence-electron chi connectivity index (χ3n) is 4.70. The van der Waals surface area contributed by atoms with Crippen LogP contribution in [0.1, 0.15) is 26.7 Å². The number of methoxy groups -OCH3 is 2. The van der Waals surface area contributed by atoms with Crippen LogP contribution in [0.15, 0.2) is 11.1 Å². The second kappa shape index (κ2) is 4.47. The molecule has 0 aromatic carbocycles. The molecule has 0 saturated heterocycles. The summed E-state index contributed by atoms with van der Waals surface area (Å²) in [6.07, 6.45) is 0.605. The van der Waals surface area contributed by atoms with E-state index >= 15 is 0 Å². The van der Waals surface area contributed by atoms with E-state index in [1.54, 1.807) is 6.92 Å². The summed E-state index contributed by atoms with van der Waals surface area (Å²) < 4.78 is 9.62. The molecule has 2 aliphatic carbocycles. The van der Waals surface area contributed by atoms with Crippen LogP contribution >= 0.6 is 0 Å². The van der Waals surface area contributed by atoms with Gasteiger partial charge in [0.1, 0.15) is 0 Å². The van der Waals surface area contributed by atoms with Crippen LogP contribution < -0.4 is 0 Å². The molecule has 104 valence electrons. The van der Waals surface area contributed by atoms with Crippen LogP contribution in [0.5, 0.6) is 0 Å². The first-order chi connectivity index (χ1) is 8.90. The largest absolute Gasteiger partial charge is 0.468 e. The molecular formula is C14H18O5. The van der Waals surface area contributed by atoms with Crippen LogP contribution in [0.3, 0.4) is 0 Å². The van der Waals surface area contributed by atoms with E-state index in [0.717, 1.165) is 5.57 Å². The van der Waals surface area contributed by atoms with Crippen molar-refractivity contribution in [2.24, 2.45) is 17.3 Å². The number of allylic oxidation sites excluding steroid dienone is 2. The van der Waals surface area contributed by atoms with Gasteiger partial charge in [-0.05, 0) is 30.8 Å². The molecule has 0 aromatic rings. The van der Waals surface area contributed by atoms with Crippen molar-refractivity contribution in [2.45, 2.75) is 26.7 Å². The Kier molecular flexibility index (Phi) is 3.24. The molecule has 0 amide bonds. The van der Waals surface area contributed by atoms with Gasteiger partial charge in [0.2, 0.25) is 0 Å². The highest BCUT2D eigenvalue weighted by atomic mass is 16.5. The average Bonchev–Trinajstić information content (AvgIpc) is 2.85. The molecule has 2 rings (SSSR count). The molecular weight excluding hydrogens is 248 g/mol. The summed E-state index contributed by atoms with van der Waals surface area (Å²) >= 11 is 0. The maximum absolute atomic E-state index is 12.1. The molecule has 5 nitrogen and oxygen atoms in total. The number of ether oxygens (including phenoxy) is 2. The topological polar surface area (TPSA) is 69.7 Å². The van der Waals surface area contributed by atoms with Gasteiger partial charge < -0.3 is 9.47 Å². The number of rotatable bonds is 2. The zero-order valence-corrected chi connectivity index (χ0v) is 11.6. The van der Waals surface area contributed by atoms with Crippen LogP contribution in [0, 0.1) is 17.3 Å². The van der Waals surface area contributed by atoms with Crippen LogP contribution in [0.2, 0.25) is 0 Å². The fourth-order valence-electron chi connectivity index (χ4n) is 3.44. The van der Waals surface area contributed by atoms with E-state index in [1.807, 2.05) is 6.92 Å². The minimum absolute atomic E-state index is 0.0503. The Bertz CT molecular complexity index is 472. The van der Waals surface area contributed by atoms with E-state index < -0.39 is 17.4 Å². The molecule has 0 spiro atoms. The lowest BCUT2D eigenvalue weighted by atomic mass is 9.75. The monoisotopic (exact) mass is 266 g/mol. The molecule has 0 unspecified atom stereocenters. The van der Waals surface area contributed by atoms with Crippen molar-refractivity contribution >= 4 is 17.7 Å². The predicted octanol–water partition coefficient (Wildman–Crippen LogP) is 1.26. The lowest BCUT2D eigenvalue weighted by molar-refractivity contribution is -0.172. The molecule has 1 fully saturated rings. The van der Waals surface area contributed by atoms with Gasteiger partial charge >= 0.3 is 11.9 Å². The van der Waals surface area contributed by atoms with Crippen molar-refractivity contribution in [3.63, 3.8) is 0 Å². The molecule has 19 heavy (non-hydrogen) atoms. The highest BCUT2D eigenvalue weighted by Crippen LogP contribution is 2.56. The lowest BCUT2D eigenvalue weighted by Crippen LogP contribution is -2.44. The second-order valence-electron chi connectivity index (χ2n) is 5.30. The summed E-state index contributed by atoms with van der Waals surface area (Å²) in [4.78, 5) is 36.0. The van der Waals surface area contributed by atoms with Gasteiger partial charge in [-0.1, -0.05) is 12.5 Å². The molecule has 0 N–H and O–H groups in total. The molecule has 0 heterocycles. The molecule has 2 aliphatic rings. The van der Waals surface area contributed by atoms with Gasteiger partial charge in [-0.2, -0.15) is 0 Å². The second-order valence-corrected chi connectivity index (χ2v) is 5.30. The Hall–Kier alpha value is -1.65. The van der Waals surface area contributed by atoms with E-state index in [1.165, 1.54) is 14.2 Å². The highest BCUT2D eigenvalue weighted by Gasteiger charge is 2.62. The third-order valence-corrected chi connectivity index (χ3v) is 4.70. The molecule has 0 radical (unpaired) electrons. The van der Waals surface area contributed by atoms with Crippen LogP contribution in [-0.4, -0.2) is 31.9 Å². The Morgan fingerprint density at radius 1 is 1.21 bits per heavy atom. The number of carbonyl (C=O) groups excluding carboxylic acids is 3. The van der Waals surface area contributed by atoms with Crippen molar-refractivity contribution < 1.29 is 23.9 Å². The molecule has 0 bridgehead atoms. The number of ketones is 1. The van der Waals surface area contributed by atoms with Gasteiger partial charge in [-0.25, -0.2) is 0 Å². The van der Waals surface area contributed by atoms with Crippen LogP contribution in [0.4, 0.5) is 0 Å². The molecule has 5 heteroatoms. The van der Waals surface area contributed by atoms with Crippen molar-refractivity contribution in [1.82, 2.24) is 0 Å². The summed E-state index contributed by atoms with van der Waals surface area (Å²) in [6.45, 7) is 3.58. The first kappa shape index (κ1) is 13.8. The fourth-order valence-corrected chi connectivity index (χ4v) is 3.44. The van der Waals surface area contributed by atoms with E-state index in [9.17, 15) is 14.4 Å². The van der Waals surface area contributed by atoms with Gasteiger partial charge in [0, 0.05) is 6.42 Å². The van der Waals surface area contributed by atoms with Crippen molar-refractivity contribution in [1.29, 1.82) is 0 Å². The summed E-state index contributed by atoms with van der Waals surface area (Å²) in [7, 11) is 2.53. The molecule has 0 aliphatic heterocycles. The zero-order valence-electron chi connectivity index (χ0n) is 11.6. The Balaban J connectivity index is 2.52. The van der Waals surface area contributed by atoms with E-state index in [-0.39, 0.29) is 24.0 Å². The fraction of sp³-hybridized carbons (Fsp3) is 0.643. The van der Waals surface area contributed by atoms with Crippen molar-refractivity contribution in [3.8, 4) is 0 Å². The number of carbonyl (C=O) groups is 3. The average molecular weight is 266 g/mol. The molecule has 0 aromatic heterocycles. The minimum atomic E-state index is -1.30. The van der Waals surface area contributed by atoms with E-state index in [0.29, 0.717) is 12.0 Å². The van der Waals surface area contributed by atoms with Gasteiger partial charge in [-0.3, -0.25) is 14.4 Å². The van der Waals surface area contributed by atoms with Crippen LogP contribution in [-0.2, 0) is 23.9 Å². The van der Waals surface area contributed by atoms with Gasteiger partial charge in [0.15, 0.2) is 11.2 Å². The Morgan fingerprint density at radius 2 is 1.74 bits per heavy atom. The highest BCUT2D eigenvalue weighted by molar-refractivity contribution is 6.04.